The van der Waals surface area contributed by atoms with Gasteiger partial charge in [-0.25, -0.2) is 0 Å². The van der Waals surface area contributed by atoms with Crippen molar-refractivity contribution < 1.29 is 9.53 Å². The van der Waals surface area contributed by atoms with Gasteiger partial charge < -0.3 is 4.74 Å². The molecule has 0 amide bonds. The number of methoxy groups -OCH3 is 1. The summed E-state index contributed by atoms with van der Waals surface area (Å²) in [5.74, 6) is 0.769. The molecule has 1 rings (SSSR count). The Hall–Kier alpha value is -0.530. The predicted molar refractivity (Wildman–Crippen MR) is 34.0 cm³/mol. The summed E-state index contributed by atoms with van der Waals surface area (Å²) in [7, 11) is 1.44. The molecule has 1 saturated carbocycles. The molecule has 9 heavy (non-hydrogen) atoms. The van der Waals surface area contributed by atoms with Crippen LogP contribution in [0.3, 0.4) is 0 Å². The van der Waals surface area contributed by atoms with E-state index in [1.807, 2.05) is 0 Å². The van der Waals surface area contributed by atoms with Gasteiger partial charge in [-0.1, -0.05) is 12.8 Å². The van der Waals surface area contributed by atoms with Crippen LogP contribution in [0.15, 0.2) is 0 Å². The number of esters is 1. The van der Waals surface area contributed by atoms with E-state index in [1.54, 1.807) is 0 Å². The van der Waals surface area contributed by atoms with Crippen molar-refractivity contribution in [2.75, 3.05) is 7.11 Å². The lowest BCUT2D eigenvalue weighted by molar-refractivity contribution is -0.140. The first-order chi connectivity index (χ1) is 4.33. The largest absolute Gasteiger partial charge is 0.469 e. The summed E-state index contributed by atoms with van der Waals surface area (Å²) in [6, 6.07) is 0. The van der Waals surface area contributed by atoms with Gasteiger partial charge in [0.2, 0.25) is 0 Å². The molecule has 52 valence electrons. The van der Waals surface area contributed by atoms with Crippen LogP contribution >= 0.6 is 0 Å². The Kier molecular flexibility index (Phi) is 2.09. The first kappa shape index (κ1) is 6.59. The standard InChI is InChI=1S/C7H12O2/c1-9-7(8)5-4-6-2-3-6/h6H,2-5H2,1H3. The van der Waals surface area contributed by atoms with E-state index in [0.29, 0.717) is 6.42 Å². The van der Waals surface area contributed by atoms with Crippen LogP contribution in [-0.2, 0) is 9.53 Å². The van der Waals surface area contributed by atoms with E-state index in [2.05, 4.69) is 4.74 Å². The molecule has 0 atom stereocenters. The summed E-state index contributed by atoms with van der Waals surface area (Å²) in [4.78, 5) is 10.5. The van der Waals surface area contributed by atoms with Gasteiger partial charge >= 0.3 is 5.97 Å². The van der Waals surface area contributed by atoms with Crippen LogP contribution < -0.4 is 0 Å². The molecule has 0 N–H and O–H groups in total. The van der Waals surface area contributed by atoms with E-state index in [9.17, 15) is 4.79 Å². The topological polar surface area (TPSA) is 26.3 Å². The molecule has 0 heterocycles. The zero-order chi connectivity index (χ0) is 6.69. The molecule has 1 aliphatic rings. The Bertz CT molecular complexity index is 105. The molecule has 0 saturated heterocycles. The average molecular weight is 128 g/mol. The number of carbonyl (C=O) groups excluding carboxylic acids is 1. The molecule has 1 fully saturated rings. The Morgan fingerprint density at radius 3 is 2.78 bits per heavy atom. The number of carbonyl (C=O) groups is 1. The number of ether oxygens (including phenoxy) is 1. The maximum absolute atomic E-state index is 10.5. The highest BCUT2D eigenvalue weighted by atomic mass is 16.5. The van der Waals surface area contributed by atoms with Crippen molar-refractivity contribution in [3.8, 4) is 0 Å². The molecule has 0 aromatic heterocycles. The zero-order valence-corrected chi connectivity index (χ0v) is 5.72. The molecule has 0 aromatic rings. The highest BCUT2D eigenvalue weighted by molar-refractivity contribution is 5.69. The molecule has 0 unspecified atom stereocenters. The van der Waals surface area contributed by atoms with Gasteiger partial charge in [-0.3, -0.25) is 4.79 Å². The minimum absolute atomic E-state index is 0.0677. The van der Waals surface area contributed by atoms with Crippen molar-refractivity contribution in [1.82, 2.24) is 0 Å². The van der Waals surface area contributed by atoms with E-state index in [0.717, 1.165) is 12.3 Å². The van der Waals surface area contributed by atoms with Crippen molar-refractivity contribution in [2.24, 2.45) is 5.92 Å². The maximum Gasteiger partial charge on any atom is 0.305 e. The van der Waals surface area contributed by atoms with Gasteiger partial charge in [0.25, 0.3) is 0 Å². The fourth-order valence-electron chi connectivity index (χ4n) is 0.831. The third-order valence-corrected chi connectivity index (χ3v) is 1.68. The summed E-state index contributed by atoms with van der Waals surface area (Å²) in [5.41, 5.74) is 0. The SMILES string of the molecule is COC(=O)CCC1CC1. The highest BCUT2D eigenvalue weighted by Crippen LogP contribution is 2.33. The smallest absolute Gasteiger partial charge is 0.305 e. The molecule has 0 aliphatic heterocycles. The summed E-state index contributed by atoms with van der Waals surface area (Å²) in [6.45, 7) is 0. The third kappa shape index (κ3) is 2.49. The zero-order valence-electron chi connectivity index (χ0n) is 5.72. The number of hydrogen-bond acceptors (Lipinski definition) is 2. The van der Waals surface area contributed by atoms with Crippen LogP contribution in [0.1, 0.15) is 25.7 Å². The molecule has 2 heteroatoms. The van der Waals surface area contributed by atoms with Gasteiger partial charge in [-0.15, -0.1) is 0 Å². The maximum atomic E-state index is 10.5. The minimum Gasteiger partial charge on any atom is -0.469 e. The van der Waals surface area contributed by atoms with Gasteiger partial charge in [0.05, 0.1) is 7.11 Å². The van der Waals surface area contributed by atoms with Gasteiger partial charge in [0.1, 0.15) is 0 Å². The van der Waals surface area contributed by atoms with Crippen molar-refractivity contribution in [2.45, 2.75) is 25.7 Å². The fraction of sp³-hybridized carbons (Fsp3) is 0.857. The molecule has 0 radical (unpaired) electrons. The van der Waals surface area contributed by atoms with E-state index < -0.39 is 0 Å². The third-order valence-electron chi connectivity index (χ3n) is 1.68. The van der Waals surface area contributed by atoms with Gasteiger partial charge in [-0.2, -0.15) is 0 Å². The van der Waals surface area contributed by atoms with Crippen molar-refractivity contribution in [1.29, 1.82) is 0 Å². The Morgan fingerprint density at radius 2 is 2.33 bits per heavy atom. The van der Waals surface area contributed by atoms with Crippen LogP contribution in [0.4, 0.5) is 0 Å². The number of hydrogen-bond donors (Lipinski definition) is 0. The van der Waals surface area contributed by atoms with Crippen LogP contribution in [0, 0.1) is 5.92 Å². The molecule has 2 nitrogen and oxygen atoms in total. The second kappa shape index (κ2) is 2.85. The molecular weight excluding hydrogens is 116 g/mol. The monoisotopic (exact) mass is 128 g/mol. The van der Waals surface area contributed by atoms with Gasteiger partial charge in [0.15, 0.2) is 0 Å². The van der Waals surface area contributed by atoms with Crippen LogP contribution in [0.2, 0.25) is 0 Å². The van der Waals surface area contributed by atoms with Crippen LogP contribution in [0.5, 0.6) is 0 Å². The van der Waals surface area contributed by atoms with Gasteiger partial charge in [0, 0.05) is 6.42 Å². The molecular formula is C7H12O2. The van der Waals surface area contributed by atoms with Crippen molar-refractivity contribution >= 4 is 5.97 Å². The molecule has 0 aromatic carbocycles. The highest BCUT2D eigenvalue weighted by Gasteiger charge is 2.21. The minimum atomic E-state index is -0.0677. The summed E-state index contributed by atoms with van der Waals surface area (Å²) >= 11 is 0. The van der Waals surface area contributed by atoms with Crippen molar-refractivity contribution in [3.05, 3.63) is 0 Å². The lowest BCUT2D eigenvalue weighted by Crippen LogP contribution is -1.99. The first-order valence-electron chi connectivity index (χ1n) is 3.39. The summed E-state index contributed by atoms with van der Waals surface area (Å²) < 4.78 is 4.49. The Labute approximate surface area is 55.2 Å². The Balaban J connectivity index is 1.96. The second-order valence-corrected chi connectivity index (χ2v) is 2.56. The lowest BCUT2D eigenvalue weighted by atomic mass is 10.2. The summed E-state index contributed by atoms with van der Waals surface area (Å²) in [5, 5.41) is 0. The second-order valence-electron chi connectivity index (χ2n) is 2.56. The van der Waals surface area contributed by atoms with E-state index in [4.69, 9.17) is 0 Å². The van der Waals surface area contributed by atoms with E-state index >= 15 is 0 Å². The average Bonchev–Trinajstić information content (AvgIpc) is 2.65. The van der Waals surface area contributed by atoms with Crippen LogP contribution in [-0.4, -0.2) is 13.1 Å². The Morgan fingerprint density at radius 1 is 1.67 bits per heavy atom. The van der Waals surface area contributed by atoms with Crippen molar-refractivity contribution in [3.63, 3.8) is 0 Å². The normalized spacial score (nSPS) is 17.4. The quantitative estimate of drug-likeness (QED) is 0.536. The van der Waals surface area contributed by atoms with E-state index in [1.165, 1.54) is 20.0 Å². The number of rotatable bonds is 3. The van der Waals surface area contributed by atoms with Crippen LogP contribution in [0.25, 0.3) is 0 Å². The first-order valence-corrected chi connectivity index (χ1v) is 3.39. The predicted octanol–water partition coefficient (Wildman–Crippen LogP) is 1.35. The summed E-state index contributed by atoms with van der Waals surface area (Å²) in [6.07, 6.45) is 4.28. The van der Waals surface area contributed by atoms with Gasteiger partial charge in [-0.05, 0) is 12.3 Å². The molecule has 1 aliphatic carbocycles. The lowest BCUT2D eigenvalue weighted by Gasteiger charge is -1.94. The fourth-order valence-corrected chi connectivity index (χ4v) is 0.831. The molecule has 0 spiro atoms. The van der Waals surface area contributed by atoms with E-state index in [-0.39, 0.29) is 5.97 Å². The molecule has 0 bridgehead atoms.